The molecule has 0 aliphatic heterocycles. The number of unbranched alkanes of at least 4 members (excludes halogenated alkanes) is 3. The molecule has 0 spiro atoms. The summed E-state index contributed by atoms with van der Waals surface area (Å²) in [5, 5.41) is 9.40. The highest BCUT2D eigenvalue weighted by Gasteiger charge is 2.10. The van der Waals surface area contributed by atoms with Gasteiger partial charge in [-0.1, -0.05) is 61.7 Å². The van der Waals surface area contributed by atoms with Gasteiger partial charge in [-0.15, -0.1) is 0 Å². The first kappa shape index (κ1) is 17.1. The van der Waals surface area contributed by atoms with Crippen molar-refractivity contribution in [2.24, 2.45) is 0 Å². The van der Waals surface area contributed by atoms with Gasteiger partial charge in [0, 0.05) is 0 Å². The molecule has 0 aliphatic rings. The summed E-state index contributed by atoms with van der Waals surface area (Å²) in [6.45, 7) is 0. The Kier molecular flexibility index (Phi) is 7.20. The summed E-state index contributed by atoms with van der Waals surface area (Å²) in [5.41, 5.74) is 2.48. The zero-order valence-corrected chi connectivity index (χ0v) is 13.9. The molecule has 0 heterocycles. The van der Waals surface area contributed by atoms with Gasteiger partial charge in [-0.3, -0.25) is 0 Å². The second-order valence-corrected chi connectivity index (χ2v) is 5.90. The highest BCUT2D eigenvalue weighted by molar-refractivity contribution is 5.33. The molecule has 23 heavy (non-hydrogen) atoms. The summed E-state index contributed by atoms with van der Waals surface area (Å²) in [6.07, 6.45) is 6.82. The third-order valence-corrected chi connectivity index (χ3v) is 4.20. The van der Waals surface area contributed by atoms with Crippen LogP contribution in [0.5, 0.6) is 5.75 Å². The fraction of sp³-hybridized carbons (Fsp3) is 0.381. The molecule has 2 aromatic carbocycles. The normalized spacial score (nSPS) is 11.7. The molecular formula is C21H25NO. The minimum absolute atomic E-state index is 0.0285. The zero-order valence-electron chi connectivity index (χ0n) is 13.9. The summed E-state index contributed by atoms with van der Waals surface area (Å²) < 4.78 is 5.24. The first-order chi connectivity index (χ1) is 11.3. The zero-order chi connectivity index (χ0) is 16.3. The fourth-order valence-electron chi connectivity index (χ4n) is 2.84. The van der Waals surface area contributed by atoms with Crippen molar-refractivity contribution in [3.8, 4) is 11.8 Å². The Labute approximate surface area is 139 Å². The van der Waals surface area contributed by atoms with Gasteiger partial charge in [-0.2, -0.15) is 5.26 Å². The Bertz CT molecular complexity index is 615. The van der Waals surface area contributed by atoms with Crippen LogP contribution in [0.15, 0.2) is 54.6 Å². The van der Waals surface area contributed by atoms with Crippen molar-refractivity contribution < 1.29 is 4.74 Å². The van der Waals surface area contributed by atoms with Gasteiger partial charge in [0.05, 0.1) is 19.1 Å². The number of rotatable bonds is 9. The van der Waals surface area contributed by atoms with Crippen LogP contribution in [0.1, 0.15) is 49.1 Å². The Morgan fingerprint density at radius 2 is 1.74 bits per heavy atom. The van der Waals surface area contributed by atoms with Crippen molar-refractivity contribution in [2.45, 2.75) is 44.4 Å². The largest absolute Gasteiger partial charge is 0.497 e. The fourth-order valence-corrected chi connectivity index (χ4v) is 2.84. The van der Waals surface area contributed by atoms with Gasteiger partial charge < -0.3 is 4.74 Å². The van der Waals surface area contributed by atoms with E-state index in [0.717, 1.165) is 30.6 Å². The third-order valence-electron chi connectivity index (χ3n) is 4.20. The highest BCUT2D eigenvalue weighted by atomic mass is 16.5. The van der Waals surface area contributed by atoms with E-state index >= 15 is 0 Å². The van der Waals surface area contributed by atoms with Crippen molar-refractivity contribution in [2.75, 3.05) is 7.11 Å². The SMILES string of the molecule is COc1cccc(C(C#N)CCCCCCc2ccccc2)c1. The van der Waals surface area contributed by atoms with Crippen LogP contribution in [0.4, 0.5) is 0 Å². The van der Waals surface area contributed by atoms with Gasteiger partial charge in [0.15, 0.2) is 0 Å². The Hall–Kier alpha value is -2.27. The quantitative estimate of drug-likeness (QED) is 0.573. The van der Waals surface area contributed by atoms with E-state index in [1.165, 1.54) is 24.8 Å². The standard InChI is InChI=1S/C21H25NO/c1-23-21-15-9-14-19(16-21)20(17-22)13-8-3-2-5-10-18-11-6-4-7-12-18/h4,6-7,9,11-12,14-16,20H,2-3,5,8,10,13H2,1H3. The number of benzene rings is 2. The first-order valence-corrected chi connectivity index (χ1v) is 8.41. The topological polar surface area (TPSA) is 33.0 Å². The molecule has 2 aromatic rings. The van der Waals surface area contributed by atoms with E-state index < -0.39 is 0 Å². The van der Waals surface area contributed by atoms with Gasteiger partial charge in [-0.25, -0.2) is 0 Å². The van der Waals surface area contributed by atoms with E-state index in [1.807, 2.05) is 24.3 Å². The van der Waals surface area contributed by atoms with Gasteiger partial charge in [0.25, 0.3) is 0 Å². The number of aryl methyl sites for hydroxylation is 1. The molecule has 1 atom stereocenters. The molecule has 2 rings (SSSR count). The highest BCUT2D eigenvalue weighted by Crippen LogP contribution is 2.25. The maximum absolute atomic E-state index is 9.40. The van der Waals surface area contributed by atoms with Crippen LogP contribution in [0.2, 0.25) is 0 Å². The molecule has 0 N–H and O–H groups in total. The van der Waals surface area contributed by atoms with E-state index in [4.69, 9.17) is 4.74 Å². The average molecular weight is 307 g/mol. The molecule has 2 nitrogen and oxygen atoms in total. The average Bonchev–Trinajstić information content (AvgIpc) is 2.62. The lowest BCUT2D eigenvalue weighted by Gasteiger charge is -2.10. The molecular weight excluding hydrogens is 282 g/mol. The number of methoxy groups -OCH3 is 1. The molecule has 0 aliphatic carbocycles. The van der Waals surface area contributed by atoms with Gasteiger partial charge in [0.1, 0.15) is 5.75 Å². The molecule has 0 radical (unpaired) electrons. The number of ether oxygens (including phenoxy) is 1. The van der Waals surface area contributed by atoms with Crippen molar-refractivity contribution in [3.63, 3.8) is 0 Å². The van der Waals surface area contributed by atoms with E-state index in [9.17, 15) is 5.26 Å². The van der Waals surface area contributed by atoms with E-state index in [0.29, 0.717) is 0 Å². The lowest BCUT2D eigenvalue weighted by atomic mass is 9.94. The molecule has 0 bridgehead atoms. The maximum atomic E-state index is 9.40. The van der Waals surface area contributed by atoms with Crippen molar-refractivity contribution in [1.29, 1.82) is 5.26 Å². The van der Waals surface area contributed by atoms with Crippen LogP contribution < -0.4 is 4.74 Å². The second kappa shape index (κ2) is 9.69. The minimum Gasteiger partial charge on any atom is -0.497 e. The number of nitriles is 1. The van der Waals surface area contributed by atoms with Crippen molar-refractivity contribution >= 4 is 0 Å². The molecule has 0 aromatic heterocycles. The Morgan fingerprint density at radius 3 is 2.48 bits per heavy atom. The molecule has 0 amide bonds. The molecule has 0 saturated heterocycles. The predicted octanol–water partition coefficient (Wildman–Crippen LogP) is 5.50. The lowest BCUT2D eigenvalue weighted by Crippen LogP contribution is -1.97. The number of hydrogen-bond donors (Lipinski definition) is 0. The summed E-state index contributed by atoms with van der Waals surface area (Å²) in [6, 6.07) is 20.9. The first-order valence-electron chi connectivity index (χ1n) is 8.41. The summed E-state index contributed by atoms with van der Waals surface area (Å²) in [4.78, 5) is 0. The van der Waals surface area contributed by atoms with E-state index in [1.54, 1.807) is 7.11 Å². The van der Waals surface area contributed by atoms with Gasteiger partial charge in [-0.05, 0) is 42.5 Å². The van der Waals surface area contributed by atoms with Crippen LogP contribution in [0, 0.1) is 11.3 Å². The third kappa shape index (κ3) is 5.79. The smallest absolute Gasteiger partial charge is 0.119 e. The molecule has 0 saturated carbocycles. The maximum Gasteiger partial charge on any atom is 0.119 e. The second-order valence-electron chi connectivity index (χ2n) is 5.90. The molecule has 120 valence electrons. The monoisotopic (exact) mass is 307 g/mol. The van der Waals surface area contributed by atoms with Crippen LogP contribution in [-0.4, -0.2) is 7.11 Å². The molecule has 0 fully saturated rings. The van der Waals surface area contributed by atoms with Crippen LogP contribution in [0.25, 0.3) is 0 Å². The summed E-state index contributed by atoms with van der Waals surface area (Å²) >= 11 is 0. The van der Waals surface area contributed by atoms with E-state index in [2.05, 4.69) is 36.4 Å². The Morgan fingerprint density at radius 1 is 0.957 bits per heavy atom. The van der Waals surface area contributed by atoms with Crippen LogP contribution in [0.3, 0.4) is 0 Å². The lowest BCUT2D eigenvalue weighted by molar-refractivity contribution is 0.414. The summed E-state index contributed by atoms with van der Waals surface area (Å²) in [5.74, 6) is 0.796. The van der Waals surface area contributed by atoms with Gasteiger partial charge >= 0.3 is 0 Å². The van der Waals surface area contributed by atoms with Gasteiger partial charge in [0.2, 0.25) is 0 Å². The predicted molar refractivity (Wildman–Crippen MR) is 94.6 cm³/mol. The summed E-state index contributed by atoms with van der Waals surface area (Å²) in [7, 11) is 1.66. The van der Waals surface area contributed by atoms with Crippen molar-refractivity contribution in [1.82, 2.24) is 0 Å². The van der Waals surface area contributed by atoms with Crippen LogP contribution >= 0.6 is 0 Å². The van der Waals surface area contributed by atoms with Crippen molar-refractivity contribution in [3.05, 3.63) is 65.7 Å². The molecule has 1 unspecified atom stereocenters. The number of hydrogen-bond acceptors (Lipinski definition) is 2. The number of nitrogens with zero attached hydrogens (tertiary/aromatic N) is 1. The van der Waals surface area contributed by atoms with E-state index in [-0.39, 0.29) is 5.92 Å². The molecule has 2 heteroatoms. The Balaban J connectivity index is 1.69. The van der Waals surface area contributed by atoms with Crippen LogP contribution in [-0.2, 0) is 6.42 Å². The minimum atomic E-state index is -0.0285.